The summed E-state index contributed by atoms with van der Waals surface area (Å²) in [6.07, 6.45) is 7.27. The second-order valence-electron chi connectivity index (χ2n) is 5.93. The largest absolute Gasteiger partial charge is 0.353 e. The molecule has 0 amide bonds. The van der Waals surface area contributed by atoms with Crippen molar-refractivity contribution >= 4 is 0 Å². The van der Waals surface area contributed by atoms with Gasteiger partial charge in [0.05, 0.1) is 0 Å². The zero-order chi connectivity index (χ0) is 12.3. The summed E-state index contributed by atoms with van der Waals surface area (Å²) in [6.45, 7) is 7.91. The highest BCUT2D eigenvalue weighted by atomic mass is 16.7. The van der Waals surface area contributed by atoms with Crippen molar-refractivity contribution in [2.24, 2.45) is 23.7 Å². The van der Waals surface area contributed by atoms with Gasteiger partial charge in [-0.1, -0.05) is 13.3 Å². The van der Waals surface area contributed by atoms with Crippen molar-refractivity contribution in [2.75, 3.05) is 13.2 Å². The van der Waals surface area contributed by atoms with Crippen LogP contribution >= 0.6 is 0 Å². The van der Waals surface area contributed by atoms with E-state index in [4.69, 9.17) is 9.47 Å². The molecule has 0 N–H and O–H groups in total. The van der Waals surface area contributed by atoms with Crippen molar-refractivity contribution in [3.05, 3.63) is 0 Å². The van der Waals surface area contributed by atoms with Crippen LogP contribution in [-0.4, -0.2) is 19.5 Å². The summed E-state index contributed by atoms with van der Waals surface area (Å²) >= 11 is 0. The Morgan fingerprint density at radius 1 is 1.06 bits per heavy atom. The summed E-state index contributed by atoms with van der Waals surface area (Å²) < 4.78 is 11.4. The minimum Gasteiger partial charge on any atom is -0.353 e. The van der Waals surface area contributed by atoms with E-state index >= 15 is 0 Å². The van der Waals surface area contributed by atoms with Gasteiger partial charge < -0.3 is 9.47 Å². The van der Waals surface area contributed by atoms with Crippen LogP contribution in [0.2, 0.25) is 0 Å². The summed E-state index contributed by atoms with van der Waals surface area (Å²) in [5.41, 5.74) is 0. The lowest BCUT2D eigenvalue weighted by Crippen LogP contribution is -2.28. The average Bonchev–Trinajstić information content (AvgIpc) is 2.90. The van der Waals surface area contributed by atoms with Crippen LogP contribution in [0, 0.1) is 23.7 Å². The van der Waals surface area contributed by atoms with Gasteiger partial charge in [0, 0.05) is 19.1 Å². The first-order valence-electron chi connectivity index (χ1n) is 7.47. The summed E-state index contributed by atoms with van der Waals surface area (Å²) in [6, 6.07) is 0. The molecule has 2 fully saturated rings. The first-order chi connectivity index (χ1) is 8.24. The van der Waals surface area contributed by atoms with Crippen molar-refractivity contribution in [3.63, 3.8) is 0 Å². The minimum absolute atomic E-state index is 0.0177. The highest BCUT2D eigenvalue weighted by Crippen LogP contribution is 2.50. The average molecular weight is 240 g/mol. The van der Waals surface area contributed by atoms with Gasteiger partial charge in [-0.05, 0) is 57.3 Å². The van der Waals surface area contributed by atoms with Gasteiger partial charge in [-0.25, -0.2) is 0 Å². The smallest absolute Gasteiger partial charge is 0.160 e. The molecule has 4 unspecified atom stereocenters. The lowest BCUT2D eigenvalue weighted by Gasteiger charge is -2.29. The molecule has 2 aliphatic rings. The summed E-state index contributed by atoms with van der Waals surface area (Å²) in [7, 11) is 0. The van der Waals surface area contributed by atoms with Crippen LogP contribution in [0.4, 0.5) is 0 Å². The van der Waals surface area contributed by atoms with E-state index in [1.807, 2.05) is 0 Å². The van der Waals surface area contributed by atoms with E-state index in [1.165, 1.54) is 32.1 Å². The first-order valence-corrected chi connectivity index (χ1v) is 7.47. The number of ether oxygens (including phenoxy) is 2. The maximum absolute atomic E-state index is 5.71. The Labute approximate surface area is 106 Å². The van der Waals surface area contributed by atoms with Crippen LogP contribution < -0.4 is 0 Å². The monoisotopic (exact) mass is 240 g/mol. The Bertz CT molecular complexity index is 223. The Balaban J connectivity index is 1.80. The van der Waals surface area contributed by atoms with Gasteiger partial charge in [0.1, 0.15) is 0 Å². The quantitative estimate of drug-likeness (QED) is 0.629. The molecule has 2 bridgehead atoms. The van der Waals surface area contributed by atoms with Crippen LogP contribution in [-0.2, 0) is 9.47 Å². The van der Waals surface area contributed by atoms with E-state index in [1.54, 1.807) is 0 Å². The van der Waals surface area contributed by atoms with Crippen molar-refractivity contribution in [1.82, 2.24) is 0 Å². The van der Waals surface area contributed by atoms with E-state index in [0.717, 1.165) is 31.0 Å². The van der Waals surface area contributed by atoms with Gasteiger partial charge in [0.15, 0.2) is 6.29 Å². The number of rotatable bonds is 7. The maximum Gasteiger partial charge on any atom is 0.160 e. The van der Waals surface area contributed by atoms with Crippen molar-refractivity contribution < 1.29 is 9.47 Å². The van der Waals surface area contributed by atoms with E-state index in [-0.39, 0.29) is 6.29 Å². The molecule has 2 rings (SSSR count). The van der Waals surface area contributed by atoms with Gasteiger partial charge in [-0.2, -0.15) is 0 Å². The zero-order valence-corrected chi connectivity index (χ0v) is 11.7. The fraction of sp³-hybridized carbons (Fsp3) is 1.00. The predicted molar refractivity (Wildman–Crippen MR) is 69.8 cm³/mol. The van der Waals surface area contributed by atoms with Gasteiger partial charge in [0.25, 0.3) is 0 Å². The number of hydrogen-bond donors (Lipinski definition) is 0. The molecule has 0 spiro atoms. The lowest BCUT2D eigenvalue weighted by molar-refractivity contribution is -0.167. The molecule has 4 atom stereocenters. The summed E-state index contributed by atoms with van der Waals surface area (Å²) in [5, 5.41) is 0. The second kappa shape index (κ2) is 6.19. The van der Waals surface area contributed by atoms with Crippen LogP contribution in [0.3, 0.4) is 0 Å². The van der Waals surface area contributed by atoms with Crippen LogP contribution in [0.25, 0.3) is 0 Å². The number of fused-ring (bicyclic) bond motifs is 2. The molecule has 17 heavy (non-hydrogen) atoms. The Morgan fingerprint density at radius 2 is 1.76 bits per heavy atom. The van der Waals surface area contributed by atoms with Crippen molar-refractivity contribution in [1.29, 1.82) is 0 Å². The second-order valence-corrected chi connectivity index (χ2v) is 5.93. The van der Waals surface area contributed by atoms with Gasteiger partial charge in [0.2, 0.25) is 0 Å². The highest BCUT2D eigenvalue weighted by Gasteiger charge is 2.40. The number of hydrogen-bond acceptors (Lipinski definition) is 2. The fourth-order valence-electron chi connectivity index (χ4n) is 3.96. The topological polar surface area (TPSA) is 18.5 Å². The van der Waals surface area contributed by atoms with E-state index in [9.17, 15) is 0 Å². The van der Waals surface area contributed by atoms with Gasteiger partial charge >= 0.3 is 0 Å². The normalized spacial score (nSPS) is 33.5. The fourth-order valence-corrected chi connectivity index (χ4v) is 3.96. The predicted octanol–water partition coefficient (Wildman–Crippen LogP) is 3.85. The molecule has 0 aliphatic heterocycles. The minimum atomic E-state index is 0.0177. The third-order valence-corrected chi connectivity index (χ3v) is 4.69. The lowest BCUT2D eigenvalue weighted by atomic mass is 9.82. The molecule has 0 aromatic rings. The molecular formula is C15H28O2. The van der Waals surface area contributed by atoms with Crippen molar-refractivity contribution in [3.8, 4) is 0 Å². The van der Waals surface area contributed by atoms with Crippen LogP contribution in [0.1, 0.15) is 52.9 Å². The SMILES string of the molecule is CCOC(OCC)C(C)CC1CC2CCC1C2. The molecule has 2 nitrogen and oxygen atoms in total. The zero-order valence-electron chi connectivity index (χ0n) is 11.7. The Morgan fingerprint density at radius 3 is 2.24 bits per heavy atom. The molecule has 0 aromatic heterocycles. The summed E-state index contributed by atoms with van der Waals surface area (Å²) in [5.74, 6) is 3.56. The molecule has 0 aromatic carbocycles. The molecular weight excluding hydrogens is 212 g/mol. The summed E-state index contributed by atoms with van der Waals surface area (Å²) in [4.78, 5) is 0. The van der Waals surface area contributed by atoms with Gasteiger partial charge in [-0.15, -0.1) is 0 Å². The molecule has 2 aliphatic carbocycles. The standard InChI is InChI=1S/C15H28O2/c1-4-16-15(17-5-2)11(3)8-14-10-12-6-7-13(14)9-12/h11-15H,4-10H2,1-3H3. The molecule has 2 heteroatoms. The van der Waals surface area contributed by atoms with Gasteiger partial charge in [-0.3, -0.25) is 0 Å². The third kappa shape index (κ3) is 3.23. The molecule has 0 heterocycles. The first kappa shape index (κ1) is 13.4. The molecule has 2 saturated carbocycles. The molecule has 100 valence electrons. The highest BCUT2D eigenvalue weighted by molar-refractivity contribution is 4.90. The van der Waals surface area contributed by atoms with E-state index in [2.05, 4.69) is 20.8 Å². The van der Waals surface area contributed by atoms with Crippen LogP contribution in [0.15, 0.2) is 0 Å². The Hall–Kier alpha value is -0.0800. The Kier molecular flexibility index (Phi) is 4.87. The maximum atomic E-state index is 5.71. The third-order valence-electron chi connectivity index (χ3n) is 4.69. The van der Waals surface area contributed by atoms with Crippen LogP contribution in [0.5, 0.6) is 0 Å². The van der Waals surface area contributed by atoms with Crippen molar-refractivity contribution in [2.45, 2.75) is 59.2 Å². The molecule has 0 saturated heterocycles. The molecule has 0 radical (unpaired) electrons. The van der Waals surface area contributed by atoms with E-state index < -0.39 is 0 Å². The van der Waals surface area contributed by atoms with E-state index in [0.29, 0.717) is 5.92 Å².